The van der Waals surface area contributed by atoms with Crippen LogP contribution in [0.2, 0.25) is 0 Å². The lowest BCUT2D eigenvalue weighted by molar-refractivity contribution is -0.139. The minimum Gasteiger partial charge on any atom is -0.324 e. The minimum absolute atomic E-state index is 0.171. The van der Waals surface area contributed by atoms with Crippen molar-refractivity contribution in [1.82, 2.24) is 10.2 Å². The second kappa shape index (κ2) is 4.19. The Hall–Kier alpha value is -1.08. The van der Waals surface area contributed by atoms with Crippen LogP contribution in [0.15, 0.2) is 0 Å². The van der Waals surface area contributed by atoms with Gasteiger partial charge in [-0.2, -0.15) is 5.26 Å². The molecular formula is C11H17N3O. The maximum absolute atomic E-state index is 11.8. The second-order valence-corrected chi connectivity index (χ2v) is 4.40. The van der Waals surface area contributed by atoms with E-state index < -0.39 is 5.54 Å². The van der Waals surface area contributed by atoms with E-state index in [-0.39, 0.29) is 5.91 Å². The van der Waals surface area contributed by atoms with Crippen LogP contribution < -0.4 is 5.32 Å². The first-order valence-electron chi connectivity index (χ1n) is 5.71. The highest BCUT2D eigenvalue weighted by atomic mass is 16.2. The first-order chi connectivity index (χ1) is 7.28. The number of carbonyl (C=O) groups is 1. The first-order valence-corrected chi connectivity index (χ1v) is 5.71. The molecule has 0 aromatic rings. The molecule has 4 nitrogen and oxygen atoms in total. The molecule has 2 heterocycles. The highest BCUT2D eigenvalue weighted by Gasteiger charge is 2.41. The van der Waals surface area contributed by atoms with Gasteiger partial charge < -0.3 is 10.2 Å². The van der Waals surface area contributed by atoms with E-state index in [0.717, 1.165) is 45.3 Å². The smallest absolute Gasteiger partial charge is 0.223 e. The minimum atomic E-state index is -0.511. The quantitative estimate of drug-likeness (QED) is 0.686. The number of rotatable bonds is 1. The number of likely N-dealkylation sites (tertiary alicyclic amines) is 1. The van der Waals surface area contributed by atoms with Crippen molar-refractivity contribution in [3.8, 4) is 6.07 Å². The summed E-state index contributed by atoms with van der Waals surface area (Å²) < 4.78 is 0. The van der Waals surface area contributed by atoms with E-state index in [2.05, 4.69) is 11.4 Å². The van der Waals surface area contributed by atoms with Gasteiger partial charge in [-0.1, -0.05) is 0 Å². The zero-order valence-corrected chi connectivity index (χ0v) is 8.96. The highest BCUT2D eigenvalue weighted by Crippen LogP contribution is 2.29. The molecule has 15 heavy (non-hydrogen) atoms. The third-order valence-electron chi connectivity index (χ3n) is 3.48. The van der Waals surface area contributed by atoms with Crippen LogP contribution in [0, 0.1) is 11.3 Å². The van der Waals surface area contributed by atoms with Crippen molar-refractivity contribution in [1.29, 1.82) is 5.26 Å². The zero-order valence-electron chi connectivity index (χ0n) is 8.96. The third-order valence-corrected chi connectivity index (χ3v) is 3.48. The van der Waals surface area contributed by atoms with E-state index in [9.17, 15) is 10.1 Å². The van der Waals surface area contributed by atoms with Gasteiger partial charge in [0.05, 0.1) is 6.07 Å². The molecule has 1 amide bonds. The molecule has 2 aliphatic heterocycles. The number of hydrogen-bond acceptors (Lipinski definition) is 3. The normalized spacial score (nSPS) is 26.1. The van der Waals surface area contributed by atoms with E-state index in [1.54, 1.807) is 0 Å². The van der Waals surface area contributed by atoms with Crippen LogP contribution >= 0.6 is 0 Å². The Bertz CT molecular complexity index is 289. The van der Waals surface area contributed by atoms with Crippen LogP contribution in [0.1, 0.15) is 32.1 Å². The van der Waals surface area contributed by atoms with Crippen LogP contribution in [0.25, 0.3) is 0 Å². The van der Waals surface area contributed by atoms with Crippen molar-refractivity contribution in [2.75, 3.05) is 19.6 Å². The summed E-state index contributed by atoms with van der Waals surface area (Å²) in [7, 11) is 0. The van der Waals surface area contributed by atoms with E-state index in [1.165, 1.54) is 0 Å². The summed E-state index contributed by atoms with van der Waals surface area (Å²) in [6.07, 6.45) is 4.19. The van der Waals surface area contributed by atoms with Crippen molar-refractivity contribution >= 4 is 5.91 Å². The van der Waals surface area contributed by atoms with Gasteiger partial charge in [0.1, 0.15) is 5.54 Å². The number of nitriles is 1. The Morgan fingerprint density at radius 3 is 2.67 bits per heavy atom. The van der Waals surface area contributed by atoms with Crippen molar-refractivity contribution in [3.63, 3.8) is 0 Å². The molecule has 1 N–H and O–H groups in total. The van der Waals surface area contributed by atoms with Crippen LogP contribution in [0.3, 0.4) is 0 Å². The van der Waals surface area contributed by atoms with Gasteiger partial charge in [0.15, 0.2) is 0 Å². The molecule has 2 saturated heterocycles. The van der Waals surface area contributed by atoms with E-state index in [0.29, 0.717) is 6.42 Å². The summed E-state index contributed by atoms with van der Waals surface area (Å²) in [5.41, 5.74) is -0.511. The monoisotopic (exact) mass is 207 g/mol. The molecule has 0 aromatic carbocycles. The van der Waals surface area contributed by atoms with E-state index in [4.69, 9.17) is 0 Å². The lowest BCUT2D eigenvalue weighted by atomic mass is 9.86. The second-order valence-electron chi connectivity index (χ2n) is 4.40. The largest absolute Gasteiger partial charge is 0.324 e. The van der Waals surface area contributed by atoms with Gasteiger partial charge in [-0.3, -0.25) is 4.79 Å². The molecule has 0 unspecified atom stereocenters. The van der Waals surface area contributed by atoms with Gasteiger partial charge in [-0.15, -0.1) is 0 Å². The number of carbonyl (C=O) groups excluding carboxylic acids is 1. The molecule has 0 atom stereocenters. The van der Waals surface area contributed by atoms with Crippen molar-refractivity contribution in [2.45, 2.75) is 37.6 Å². The van der Waals surface area contributed by atoms with Crippen LogP contribution in [0.4, 0.5) is 0 Å². The number of nitrogens with zero attached hydrogens (tertiary/aromatic N) is 2. The Kier molecular flexibility index (Phi) is 2.92. The summed E-state index contributed by atoms with van der Waals surface area (Å²) in [4.78, 5) is 13.6. The number of hydrogen-bond donors (Lipinski definition) is 1. The molecule has 2 rings (SSSR count). The maximum atomic E-state index is 11.8. The molecule has 0 spiro atoms. The third kappa shape index (κ3) is 1.84. The molecule has 0 saturated carbocycles. The van der Waals surface area contributed by atoms with Gasteiger partial charge >= 0.3 is 0 Å². The average molecular weight is 207 g/mol. The fourth-order valence-corrected chi connectivity index (χ4v) is 2.54. The SMILES string of the molecule is N#CC1(N2CCCCC2=O)CCNCC1. The van der Waals surface area contributed by atoms with Crippen molar-refractivity contribution in [3.05, 3.63) is 0 Å². The summed E-state index contributed by atoms with van der Waals surface area (Å²) in [5, 5.41) is 12.6. The predicted molar refractivity (Wildman–Crippen MR) is 56.0 cm³/mol. The highest BCUT2D eigenvalue weighted by molar-refractivity contribution is 5.78. The van der Waals surface area contributed by atoms with Gasteiger partial charge in [0.25, 0.3) is 0 Å². The average Bonchev–Trinajstić information content (AvgIpc) is 2.30. The van der Waals surface area contributed by atoms with Gasteiger partial charge in [-0.25, -0.2) is 0 Å². The fraction of sp³-hybridized carbons (Fsp3) is 0.818. The summed E-state index contributed by atoms with van der Waals surface area (Å²) in [5.74, 6) is 0.171. The summed E-state index contributed by atoms with van der Waals surface area (Å²) in [6.45, 7) is 2.46. The number of nitrogens with one attached hydrogen (secondary N) is 1. The molecular weight excluding hydrogens is 190 g/mol. The lowest BCUT2D eigenvalue weighted by Gasteiger charge is -2.43. The molecule has 0 aromatic heterocycles. The fourth-order valence-electron chi connectivity index (χ4n) is 2.54. The van der Waals surface area contributed by atoms with Crippen LogP contribution in [0.5, 0.6) is 0 Å². The maximum Gasteiger partial charge on any atom is 0.223 e. The molecule has 0 aliphatic carbocycles. The Balaban J connectivity index is 2.17. The first kappa shape index (κ1) is 10.4. The Labute approximate surface area is 90.2 Å². The van der Waals surface area contributed by atoms with E-state index in [1.807, 2.05) is 4.90 Å². The van der Waals surface area contributed by atoms with Gasteiger partial charge in [0, 0.05) is 13.0 Å². The van der Waals surface area contributed by atoms with Crippen molar-refractivity contribution in [2.24, 2.45) is 0 Å². The predicted octanol–water partition coefficient (Wildman–Crippen LogP) is 0.645. The molecule has 0 radical (unpaired) electrons. The zero-order chi connectivity index (χ0) is 10.7. The van der Waals surface area contributed by atoms with Gasteiger partial charge in [-0.05, 0) is 38.8 Å². The summed E-state index contributed by atoms with van der Waals surface area (Å²) >= 11 is 0. The Morgan fingerprint density at radius 1 is 1.33 bits per heavy atom. The standard InChI is InChI=1S/C11H17N3O/c12-9-11(4-6-13-7-5-11)14-8-2-1-3-10(14)15/h13H,1-8H2. The lowest BCUT2D eigenvalue weighted by Crippen LogP contribution is -2.57. The van der Waals surface area contributed by atoms with Gasteiger partial charge in [0.2, 0.25) is 5.91 Å². The molecule has 2 fully saturated rings. The van der Waals surface area contributed by atoms with Crippen LogP contribution in [-0.4, -0.2) is 36.0 Å². The topological polar surface area (TPSA) is 56.1 Å². The van der Waals surface area contributed by atoms with Crippen LogP contribution in [-0.2, 0) is 4.79 Å². The molecule has 4 heteroatoms. The molecule has 0 bridgehead atoms. The number of amides is 1. The van der Waals surface area contributed by atoms with Crippen molar-refractivity contribution < 1.29 is 4.79 Å². The molecule has 82 valence electrons. The van der Waals surface area contributed by atoms with E-state index >= 15 is 0 Å². The number of piperidine rings is 2. The summed E-state index contributed by atoms with van der Waals surface area (Å²) in [6, 6.07) is 2.38. The Morgan fingerprint density at radius 2 is 2.07 bits per heavy atom. The molecule has 2 aliphatic rings.